The van der Waals surface area contributed by atoms with Crippen LogP contribution in [0, 0.1) is 0 Å². The third-order valence-corrected chi connectivity index (χ3v) is 5.58. The lowest BCUT2D eigenvalue weighted by molar-refractivity contribution is -0.143. The van der Waals surface area contributed by atoms with Crippen molar-refractivity contribution in [3.8, 4) is 11.1 Å². The van der Waals surface area contributed by atoms with Gasteiger partial charge in [-0.3, -0.25) is 4.79 Å². The molecule has 11 heteroatoms. The van der Waals surface area contributed by atoms with E-state index in [0.717, 1.165) is 22.6 Å². The predicted octanol–water partition coefficient (Wildman–Crippen LogP) is 8.43. The van der Waals surface area contributed by atoms with Crippen LogP contribution in [0.5, 0.6) is 0 Å². The monoisotopic (exact) mass is 595 g/mol. The van der Waals surface area contributed by atoms with Crippen LogP contribution in [0.4, 0.5) is 26.3 Å². The zero-order valence-electron chi connectivity index (χ0n) is 21.2. The maximum atomic E-state index is 12.2. The Labute approximate surface area is 237 Å². The van der Waals surface area contributed by atoms with Crippen molar-refractivity contribution in [2.24, 2.45) is 5.73 Å². The second kappa shape index (κ2) is 15.0. The molecule has 0 heterocycles. The van der Waals surface area contributed by atoms with E-state index in [9.17, 15) is 35.9 Å². The third kappa shape index (κ3) is 11.1. The molecule has 0 aromatic heterocycles. The van der Waals surface area contributed by atoms with Crippen molar-refractivity contribution in [1.82, 2.24) is 0 Å². The van der Waals surface area contributed by atoms with Gasteiger partial charge in [-0.05, 0) is 72.1 Å². The number of benzene rings is 4. The van der Waals surface area contributed by atoms with E-state index in [1.807, 2.05) is 66.7 Å². The summed E-state index contributed by atoms with van der Waals surface area (Å²) in [7, 11) is 0. The van der Waals surface area contributed by atoms with Crippen molar-refractivity contribution in [2.75, 3.05) is 6.54 Å². The lowest BCUT2D eigenvalue weighted by Crippen LogP contribution is -2.11. The molecule has 0 aliphatic carbocycles. The van der Waals surface area contributed by atoms with E-state index in [4.69, 9.17) is 22.4 Å². The molecule has 0 amide bonds. The summed E-state index contributed by atoms with van der Waals surface area (Å²) in [6.07, 6.45) is -8.97. The molecule has 0 spiro atoms. The molecule has 4 rings (SSSR count). The predicted molar refractivity (Wildman–Crippen MR) is 145 cm³/mol. The highest BCUT2D eigenvalue weighted by molar-refractivity contribution is 6.30. The van der Waals surface area contributed by atoms with E-state index in [2.05, 4.69) is 0 Å². The molecule has 4 nitrogen and oxygen atoms in total. The van der Waals surface area contributed by atoms with Gasteiger partial charge in [-0.1, -0.05) is 66.2 Å². The van der Waals surface area contributed by atoms with E-state index in [1.54, 1.807) is 12.1 Å². The molecule has 216 valence electrons. The summed E-state index contributed by atoms with van der Waals surface area (Å²) in [4.78, 5) is 20.9. The van der Waals surface area contributed by atoms with Crippen LogP contribution < -0.4 is 5.73 Å². The maximum absolute atomic E-state index is 12.2. The minimum atomic E-state index is -4.92. The van der Waals surface area contributed by atoms with Gasteiger partial charge in [-0.2, -0.15) is 26.3 Å². The van der Waals surface area contributed by atoms with Gasteiger partial charge in [0.1, 0.15) is 6.29 Å². The number of carbonyl (C=O) groups is 2. The SMILES string of the molecule is NCCc1ccc(Cl)cc1.O=C(O)c1ccc(-c2ccccc2)cc1.O=Cc1cc(C(F)(F)F)cc(C(F)(F)F)c1. The number of aldehydes is 1. The Morgan fingerprint density at radius 3 is 1.66 bits per heavy atom. The fraction of sp³-hybridized carbons (Fsp3) is 0.133. The standard InChI is InChI=1S/C13H10O2.C9H4F6O.C8H10ClN/c14-13(15)12-8-6-11(7-9-12)10-4-2-1-3-5-10;10-8(11,12)6-1-5(4-16)2-7(3-6)9(13,14)15;9-8-3-1-7(2-4-8)5-6-10/h1-9H,(H,14,15);1-4H;1-4H,5-6,10H2. The zero-order valence-corrected chi connectivity index (χ0v) is 22.0. The molecule has 41 heavy (non-hydrogen) atoms. The first kappa shape index (κ1) is 33.1. The summed E-state index contributed by atoms with van der Waals surface area (Å²) in [5.41, 5.74) is 5.39. The highest BCUT2D eigenvalue weighted by Crippen LogP contribution is 2.36. The van der Waals surface area contributed by atoms with Crippen LogP contribution in [-0.4, -0.2) is 23.9 Å². The first-order valence-electron chi connectivity index (χ1n) is 11.8. The van der Waals surface area contributed by atoms with Crippen LogP contribution in [-0.2, 0) is 18.8 Å². The fourth-order valence-corrected chi connectivity index (χ4v) is 3.43. The third-order valence-electron chi connectivity index (χ3n) is 5.33. The van der Waals surface area contributed by atoms with E-state index >= 15 is 0 Å². The van der Waals surface area contributed by atoms with Crippen molar-refractivity contribution >= 4 is 23.9 Å². The molecule has 0 aliphatic heterocycles. The van der Waals surface area contributed by atoms with Gasteiger partial charge in [0.15, 0.2) is 0 Å². The van der Waals surface area contributed by atoms with Gasteiger partial charge >= 0.3 is 18.3 Å². The van der Waals surface area contributed by atoms with Crippen LogP contribution in [0.1, 0.15) is 37.4 Å². The number of hydrogen-bond acceptors (Lipinski definition) is 3. The van der Waals surface area contributed by atoms with Gasteiger partial charge in [0.25, 0.3) is 0 Å². The second-order valence-corrected chi connectivity index (χ2v) is 8.81. The van der Waals surface area contributed by atoms with Crippen LogP contribution in [0.3, 0.4) is 0 Å². The van der Waals surface area contributed by atoms with Crippen molar-refractivity contribution in [3.63, 3.8) is 0 Å². The highest BCUT2D eigenvalue weighted by atomic mass is 35.5. The Hall–Kier alpha value is -4.15. The zero-order chi connectivity index (χ0) is 30.6. The number of alkyl halides is 6. The van der Waals surface area contributed by atoms with Gasteiger partial charge in [0, 0.05) is 10.6 Å². The molecule has 0 aliphatic rings. The number of hydrogen-bond donors (Lipinski definition) is 2. The number of rotatable bonds is 5. The normalized spacial score (nSPS) is 10.9. The summed E-state index contributed by atoms with van der Waals surface area (Å²) in [5, 5.41) is 9.52. The van der Waals surface area contributed by atoms with Crippen molar-refractivity contribution in [3.05, 3.63) is 130 Å². The van der Waals surface area contributed by atoms with Crippen LogP contribution in [0.15, 0.2) is 97.1 Å². The van der Waals surface area contributed by atoms with E-state index in [-0.39, 0.29) is 12.4 Å². The van der Waals surface area contributed by atoms with Gasteiger partial charge in [-0.25, -0.2) is 4.79 Å². The number of halogens is 7. The van der Waals surface area contributed by atoms with Crippen LogP contribution >= 0.6 is 11.6 Å². The van der Waals surface area contributed by atoms with Gasteiger partial charge in [-0.15, -0.1) is 0 Å². The molecule has 4 aromatic carbocycles. The highest BCUT2D eigenvalue weighted by Gasteiger charge is 2.36. The molecule has 0 radical (unpaired) electrons. The van der Waals surface area contributed by atoms with E-state index < -0.39 is 35.0 Å². The summed E-state index contributed by atoms with van der Waals surface area (Å²) >= 11 is 5.68. The minimum Gasteiger partial charge on any atom is -0.478 e. The van der Waals surface area contributed by atoms with E-state index in [0.29, 0.717) is 24.2 Å². The summed E-state index contributed by atoms with van der Waals surface area (Å²) in [6.45, 7) is 0.696. The lowest BCUT2D eigenvalue weighted by Gasteiger charge is -2.12. The molecule has 0 atom stereocenters. The summed E-state index contributed by atoms with van der Waals surface area (Å²) < 4.78 is 73.1. The number of carboxylic acids is 1. The quantitative estimate of drug-likeness (QED) is 0.179. The van der Waals surface area contributed by atoms with Crippen molar-refractivity contribution < 1.29 is 41.0 Å². The second-order valence-electron chi connectivity index (χ2n) is 8.37. The average molecular weight is 596 g/mol. The number of aromatic carboxylic acids is 1. The Bertz CT molecular complexity index is 1370. The maximum Gasteiger partial charge on any atom is 0.416 e. The van der Waals surface area contributed by atoms with Crippen molar-refractivity contribution in [1.29, 1.82) is 0 Å². The molecule has 4 aromatic rings. The molecule has 0 saturated carbocycles. The molecule has 0 saturated heterocycles. The Kier molecular flexibility index (Phi) is 12.1. The first-order chi connectivity index (χ1) is 19.2. The molecule has 0 bridgehead atoms. The fourth-order valence-electron chi connectivity index (χ4n) is 3.30. The van der Waals surface area contributed by atoms with Gasteiger partial charge in [0.2, 0.25) is 0 Å². The summed E-state index contributed by atoms with van der Waals surface area (Å²) in [5.74, 6) is -0.894. The topological polar surface area (TPSA) is 80.4 Å². The molecule has 3 N–H and O–H groups in total. The molecule has 0 fully saturated rings. The number of nitrogens with two attached hydrogens (primary N) is 1. The smallest absolute Gasteiger partial charge is 0.416 e. The average Bonchev–Trinajstić information content (AvgIpc) is 2.94. The molecular formula is C30H24ClF6NO3. The molecular weight excluding hydrogens is 572 g/mol. The van der Waals surface area contributed by atoms with Crippen LogP contribution in [0.2, 0.25) is 5.02 Å². The number of carboxylic acid groups (broad SMARTS) is 1. The Balaban J connectivity index is 0.000000221. The Morgan fingerprint density at radius 1 is 0.756 bits per heavy atom. The Morgan fingerprint density at radius 2 is 1.24 bits per heavy atom. The largest absolute Gasteiger partial charge is 0.478 e. The number of carbonyl (C=O) groups excluding carboxylic acids is 1. The van der Waals surface area contributed by atoms with E-state index in [1.165, 1.54) is 5.56 Å². The first-order valence-corrected chi connectivity index (χ1v) is 12.2. The lowest BCUT2D eigenvalue weighted by atomic mass is 10.0. The molecule has 0 unspecified atom stereocenters. The van der Waals surface area contributed by atoms with Crippen molar-refractivity contribution in [2.45, 2.75) is 18.8 Å². The van der Waals surface area contributed by atoms with Gasteiger partial charge in [0.05, 0.1) is 16.7 Å². The minimum absolute atomic E-state index is 0.0347. The van der Waals surface area contributed by atoms with Crippen LogP contribution in [0.25, 0.3) is 11.1 Å². The van der Waals surface area contributed by atoms with Gasteiger partial charge < -0.3 is 10.8 Å². The summed E-state index contributed by atoms with van der Waals surface area (Å²) in [6, 6.07) is 25.2.